The smallest absolute Gasteiger partial charge is 0.263 e. The minimum atomic E-state index is -0.306. The molecule has 4 nitrogen and oxygen atoms in total. The number of ether oxygens (including phenoxy) is 1. The molecule has 4 rings (SSSR count). The summed E-state index contributed by atoms with van der Waals surface area (Å²) in [7, 11) is 0. The topological polar surface area (TPSA) is 41.6 Å². The first-order valence-electron chi connectivity index (χ1n) is 8.50. The molecule has 1 aromatic rings. The molecular weight excluding hydrogens is 276 g/mol. The van der Waals surface area contributed by atoms with Gasteiger partial charge in [-0.2, -0.15) is 0 Å². The summed E-state index contributed by atoms with van der Waals surface area (Å²) in [4.78, 5) is 14.8. The molecule has 22 heavy (non-hydrogen) atoms. The molecular formula is C18H24N2O2. The van der Waals surface area contributed by atoms with Crippen LogP contribution in [0, 0.1) is 5.41 Å². The van der Waals surface area contributed by atoms with Crippen LogP contribution in [0.1, 0.15) is 31.2 Å². The first-order chi connectivity index (χ1) is 10.8. The Balaban J connectivity index is 1.37. The first kappa shape index (κ1) is 14.1. The molecule has 2 fully saturated rings. The van der Waals surface area contributed by atoms with E-state index in [9.17, 15) is 4.79 Å². The van der Waals surface area contributed by atoms with Crippen LogP contribution in [0.15, 0.2) is 24.3 Å². The number of nitrogens with one attached hydrogen (secondary N) is 1. The molecule has 1 atom stereocenters. The minimum Gasteiger partial charge on any atom is -0.480 e. The van der Waals surface area contributed by atoms with Crippen molar-refractivity contribution in [1.82, 2.24) is 10.2 Å². The highest BCUT2D eigenvalue weighted by Crippen LogP contribution is 2.40. The Labute approximate surface area is 131 Å². The molecule has 1 aromatic carbocycles. The van der Waals surface area contributed by atoms with Crippen LogP contribution < -0.4 is 10.1 Å². The van der Waals surface area contributed by atoms with E-state index in [4.69, 9.17) is 4.74 Å². The number of hydrogen-bond acceptors (Lipinski definition) is 3. The Morgan fingerprint density at radius 3 is 2.59 bits per heavy atom. The predicted octanol–water partition coefficient (Wildman–Crippen LogP) is 1.98. The maximum atomic E-state index is 12.7. The molecule has 4 heteroatoms. The van der Waals surface area contributed by atoms with E-state index >= 15 is 0 Å². The van der Waals surface area contributed by atoms with Crippen molar-refractivity contribution >= 4 is 5.91 Å². The van der Waals surface area contributed by atoms with E-state index < -0.39 is 0 Å². The number of hydrogen-bond donors (Lipinski definition) is 1. The van der Waals surface area contributed by atoms with Crippen molar-refractivity contribution in [2.75, 3.05) is 26.2 Å². The number of carbonyl (C=O) groups excluding carboxylic acids is 1. The van der Waals surface area contributed by atoms with Gasteiger partial charge in [-0.25, -0.2) is 0 Å². The Morgan fingerprint density at radius 1 is 1.14 bits per heavy atom. The normalized spacial score (nSPS) is 26.5. The van der Waals surface area contributed by atoms with Crippen molar-refractivity contribution in [3.05, 3.63) is 29.8 Å². The van der Waals surface area contributed by atoms with Gasteiger partial charge >= 0.3 is 0 Å². The van der Waals surface area contributed by atoms with Gasteiger partial charge in [-0.15, -0.1) is 0 Å². The number of nitrogens with zero attached hydrogens (tertiary/aromatic N) is 1. The van der Waals surface area contributed by atoms with Crippen molar-refractivity contribution in [2.24, 2.45) is 5.41 Å². The van der Waals surface area contributed by atoms with E-state index in [1.54, 1.807) is 0 Å². The predicted molar refractivity (Wildman–Crippen MR) is 84.9 cm³/mol. The van der Waals surface area contributed by atoms with Crippen molar-refractivity contribution in [3.8, 4) is 5.75 Å². The molecule has 0 aliphatic carbocycles. The first-order valence-corrected chi connectivity index (χ1v) is 8.50. The average Bonchev–Trinajstić information content (AvgIpc) is 3.00. The second-order valence-electron chi connectivity index (χ2n) is 6.99. The second kappa shape index (κ2) is 5.58. The molecule has 1 unspecified atom stereocenters. The highest BCUT2D eigenvalue weighted by atomic mass is 16.5. The molecule has 118 valence electrons. The van der Waals surface area contributed by atoms with Gasteiger partial charge in [-0.05, 0) is 55.8 Å². The van der Waals surface area contributed by atoms with E-state index in [1.165, 1.54) is 12.8 Å². The summed E-state index contributed by atoms with van der Waals surface area (Å²) in [5.41, 5.74) is 1.65. The quantitative estimate of drug-likeness (QED) is 0.862. The number of piperidine rings is 2. The molecule has 3 heterocycles. The lowest BCUT2D eigenvalue weighted by atomic mass is 9.71. The number of amides is 1. The minimum absolute atomic E-state index is 0.181. The summed E-state index contributed by atoms with van der Waals surface area (Å²) in [5.74, 6) is 1.06. The van der Waals surface area contributed by atoms with Crippen LogP contribution >= 0.6 is 0 Å². The summed E-state index contributed by atoms with van der Waals surface area (Å²) >= 11 is 0. The zero-order valence-corrected chi connectivity index (χ0v) is 13.0. The van der Waals surface area contributed by atoms with E-state index in [2.05, 4.69) is 11.4 Å². The SMILES string of the molecule is O=C(C1Cc2ccccc2O1)N1CCC2(CCNCC2)CC1. The Bertz CT molecular complexity index is 531. The fourth-order valence-electron chi connectivity index (χ4n) is 4.18. The number of benzene rings is 1. The summed E-state index contributed by atoms with van der Waals surface area (Å²) in [6.45, 7) is 4.06. The zero-order chi connectivity index (χ0) is 15.0. The zero-order valence-electron chi connectivity index (χ0n) is 13.0. The molecule has 3 aliphatic rings. The van der Waals surface area contributed by atoms with Crippen LogP contribution in [-0.2, 0) is 11.2 Å². The van der Waals surface area contributed by atoms with Gasteiger partial charge in [0.15, 0.2) is 6.10 Å². The second-order valence-corrected chi connectivity index (χ2v) is 6.99. The van der Waals surface area contributed by atoms with Crippen molar-refractivity contribution < 1.29 is 9.53 Å². The molecule has 0 saturated carbocycles. The molecule has 1 amide bonds. The van der Waals surface area contributed by atoms with Crippen molar-refractivity contribution in [1.29, 1.82) is 0 Å². The number of fused-ring (bicyclic) bond motifs is 1. The van der Waals surface area contributed by atoms with E-state index in [-0.39, 0.29) is 12.0 Å². The number of likely N-dealkylation sites (tertiary alicyclic amines) is 1. The van der Waals surface area contributed by atoms with Crippen LogP contribution in [0.3, 0.4) is 0 Å². The van der Waals surface area contributed by atoms with Gasteiger partial charge in [-0.3, -0.25) is 4.79 Å². The third-order valence-electron chi connectivity index (χ3n) is 5.72. The lowest BCUT2D eigenvalue weighted by Crippen LogP contribution is -2.50. The molecule has 3 aliphatic heterocycles. The number of carbonyl (C=O) groups is 1. The molecule has 0 radical (unpaired) electrons. The summed E-state index contributed by atoms with van der Waals surface area (Å²) < 4.78 is 5.86. The van der Waals surface area contributed by atoms with Crippen molar-refractivity contribution in [3.63, 3.8) is 0 Å². The fraction of sp³-hybridized carbons (Fsp3) is 0.611. The Kier molecular flexibility index (Phi) is 3.57. The molecule has 0 aromatic heterocycles. The van der Waals surface area contributed by atoms with Crippen LogP contribution in [0.25, 0.3) is 0 Å². The van der Waals surface area contributed by atoms with Gasteiger partial charge in [0, 0.05) is 19.5 Å². The van der Waals surface area contributed by atoms with Crippen molar-refractivity contribution in [2.45, 2.75) is 38.2 Å². The van der Waals surface area contributed by atoms with Gasteiger partial charge < -0.3 is 15.0 Å². The van der Waals surface area contributed by atoms with Crippen LogP contribution in [0.5, 0.6) is 5.75 Å². The third kappa shape index (κ3) is 2.50. The summed E-state index contributed by atoms with van der Waals surface area (Å²) in [5, 5.41) is 3.44. The highest BCUT2D eigenvalue weighted by Gasteiger charge is 2.39. The van der Waals surface area contributed by atoms with Crippen LogP contribution in [0.4, 0.5) is 0 Å². The standard InChI is InChI=1S/C18H24N2O2/c21-17(16-13-14-3-1-2-4-15(14)22-16)20-11-7-18(8-12-20)5-9-19-10-6-18/h1-4,16,19H,5-13H2. The van der Waals surface area contributed by atoms with Crippen LogP contribution in [-0.4, -0.2) is 43.1 Å². The Morgan fingerprint density at radius 2 is 1.86 bits per heavy atom. The largest absolute Gasteiger partial charge is 0.480 e. The summed E-state index contributed by atoms with van der Waals surface area (Å²) in [6.07, 6.45) is 5.25. The van der Waals surface area contributed by atoms with Gasteiger partial charge in [0.05, 0.1) is 0 Å². The monoisotopic (exact) mass is 300 g/mol. The number of rotatable bonds is 1. The average molecular weight is 300 g/mol. The van der Waals surface area contributed by atoms with E-state index in [1.807, 2.05) is 23.1 Å². The van der Waals surface area contributed by atoms with Crippen LogP contribution in [0.2, 0.25) is 0 Å². The van der Waals surface area contributed by atoms with E-state index in [0.29, 0.717) is 5.41 Å². The molecule has 0 bridgehead atoms. The third-order valence-corrected chi connectivity index (χ3v) is 5.72. The lowest BCUT2D eigenvalue weighted by Gasteiger charge is -2.44. The molecule has 1 spiro atoms. The number of para-hydroxylation sites is 1. The Hall–Kier alpha value is -1.55. The lowest BCUT2D eigenvalue weighted by molar-refractivity contribution is -0.140. The van der Waals surface area contributed by atoms with Gasteiger partial charge in [0.1, 0.15) is 5.75 Å². The van der Waals surface area contributed by atoms with Gasteiger partial charge in [0.25, 0.3) is 5.91 Å². The molecule has 1 N–H and O–H groups in total. The highest BCUT2D eigenvalue weighted by molar-refractivity contribution is 5.82. The van der Waals surface area contributed by atoms with E-state index in [0.717, 1.165) is 56.8 Å². The van der Waals surface area contributed by atoms with Gasteiger partial charge in [0.2, 0.25) is 0 Å². The maximum absolute atomic E-state index is 12.7. The molecule has 2 saturated heterocycles. The van der Waals surface area contributed by atoms with Gasteiger partial charge in [-0.1, -0.05) is 18.2 Å². The maximum Gasteiger partial charge on any atom is 0.263 e. The fourth-order valence-corrected chi connectivity index (χ4v) is 4.18. The summed E-state index contributed by atoms with van der Waals surface area (Å²) in [6, 6.07) is 8.00.